The smallest absolute Gasteiger partial charge is 0.140 e. The molecule has 0 saturated heterocycles. The minimum Gasteiger partial charge on any atom is -0.355 e. The van der Waals surface area contributed by atoms with Crippen LogP contribution in [0.3, 0.4) is 0 Å². The van der Waals surface area contributed by atoms with Crippen molar-refractivity contribution in [3.05, 3.63) is 52.1 Å². The van der Waals surface area contributed by atoms with Gasteiger partial charge in [-0.3, -0.25) is 0 Å². The molecule has 0 spiro atoms. The first-order valence-corrected chi connectivity index (χ1v) is 7.56. The Hall–Kier alpha value is -1.46. The van der Waals surface area contributed by atoms with Gasteiger partial charge in [-0.1, -0.05) is 34.1 Å². The lowest BCUT2D eigenvalue weighted by Crippen LogP contribution is -2.18. The summed E-state index contributed by atoms with van der Waals surface area (Å²) in [7, 11) is 2.05. The van der Waals surface area contributed by atoms with Crippen molar-refractivity contribution in [3.8, 4) is 0 Å². The van der Waals surface area contributed by atoms with Crippen LogP contribution in [0, 0.1) is 0 Å². The van der Waals surface area contributed by atoms with Gasteiger partial charge in [0.2, 0.25) is 0 Å². The summed E-state index contributed by atoms with van der Waals surface area (Å²) in [5, 5.41) is 3.16. The molecule has 0 bridgehead atoms. The zero-order chi connectivity index (χ0) is 13.2. The molecule has 3 nitrogen and oxygen atoms in total. The fourth-order valence-electron chi connectivity index (χ4n) is 2.04. The Morgan fingerprint density at radius 1 is 1.21 bits per heavy atom. The summed E-state index contributed by atoms with van der Waals surface area (Å²) >= 11 is 5.22. The quantitative estimate of drug-likeness (QED) is 0.722. The number of hydrogen-bond acceptors (Lipinski definition) is 4. The number of nitrogens with zero attached hydrogens (tertiary/aromatic N) is 3. The monoisotopic (exact) mass is 333 g/mol. The molecule has 2 heterocycles. The number of halogens is 1. The molecule has 2 aromatic heterocycles. The molecule has 0 fully saturated rings. The van der Waals surface area contributed by atoms with Crippen LogP contribution in [0.25, 0.3) is 10.2 Å². The van der Waals surface area contributed by atoms with Crippen molar-refractivity contribution < 1.29 is 0 Å². The second kappa shape index (κ2) is 5.27. The van der Waals surface area contributed by atoms with Crippen LogP contribution in [-0.2, 0) is 6.54 Å². The number of benzene rings is 1. The van der Waals surface area contributed by atoms with E-state index in [1.165, 1.54) is 5.56 Å². The van der Waals surface area contributed by atoms with Crippen molar-refractivity contribution in [2.75, 3.05) is 11.9 Å². The fourth-order valence-corrected chi connectivity index (χ4v) is 3.18. The van der Waals surface area contributed by atoms with Crippen LogP contribution >= 0.6 is 27.3 Å². The third-order valence-corrected chi connectivity index (χ3v) is 4.56. The maximum Gasteiger partial charge on any atom is 0.140 e. The van der Waals surface area contributed by atoms with Gasteiger partial charge in [0.15, 0.2) is 0 Å². The molecule has 0 radical (unpaired) electrons. The Bertz CT molecular complexity index is 710. The Balaban J connectivity index is 1.94. The van der Waals surface area contributed by atoms with E-state index in [1.807, 2.05) is 12.1 Å². The molecule has 0 atom stereocenters. The van der Waals surface area contributed by atoms with Gasteiger partial charge in [-0.05, 0) is 23.1 Å². The average Bonchev–Trinajstić information content (AvgIpc) is 2.89. The number of thiophene rings is 1. The summed E-state index contributed by atoms with van der Waals surface area (Å²) in [6.07, 6.45) is 1.63. The van der Waals surface area contributed by atoms with Gasteiger partial charge < -0.3 is 4.90 Å². The van der Waals surface area contributed by atoms with Crippen LogP contribution in [0.5, 0.6) is 0 Å². The van der Waals surface area contributed by atoms with E-state index in [0.29, 0.717) is 0 Å². The molecular weight excluding hydrogens is 322 g/mol. The summed E-state index contributed by atoms with van der Waals surface area (Å²) in [6, 6.07) is 10.3. The van der Waals surface area contributed by atoms with Crippen LogP contribution in [0.15, 0.2) is 46.5 Å². The highest BCUT2D eigenvalue weighted by atomic mass is 79.9. The van der Waals surface area contributed by atoms with Gasteiger partial charge in [0, 0.05) is 18.1 Å². The standard InChI is InChI=1S/C14H12BrN3S/c1-18(8-10-4-2-3-5-12(10)15)13-11-6-7-19-14(11)17-9-16-13/h2-7,9H,8H2,1H3. The molecule has 0 aliphatic rings. The molecule has 19 heavy (non-hydrogen) atoms. The Kier molecular flexibility index (Phi) is 3.48. The molecule has 0 amide bonds. The largest absolute Gasteiger partial charge is 0.355 e. The number of anilines is 1. The van der Waals surface area contributed by atoms with E-state index in [0.717, 1.165) is 27.1 Å². The normalized spacial score (nSPS) is 10.8. The van der Waals surface area contributed by atoms with Crippen LogP contribution in [-0.4, -0.2) is 17.0 Å². The molecule has 0 saturated carbocycles. The first-order chi connectivity index (χ1) is 9.25. The van der Waals surface area contributed by atoms with E-state index in [9.17, 15) is 0 Å². The molecule has 0 aliphatic heterocycles. The van der Waals surface area contributed by atoms with Crippen molar-refractivity contribution in [2.24, 2.45) is 0 Å². The van der Waals surface area contributed by atoms with Gasteiger partial charge in [-0.15, -0.1) is 11.3 Å². The molecule has 3 rings (SSSR count). The molecule has 1 aromatic carbocycles. The zero-order valence-corrected chi connectivity index (χ0v) is 12.8. The fraction of sp³-hybridized carbons (Fsp3) is 0.143. The molecule has 5 heteroatoms. The van der Waals surface area contributed by atoms with Crippen LogP contribution in [0.2, 0.25) is 0 Å². The summed E-state index contributed by atoms with van der Waals surface area (Å²) < 4.78 is 1.12. The van der Waals surface area contributed by atoms with Crippen LogP contribution < -0.4 is 4.90 Å². The predicted octanol–water partition coefficient (Wildman–Crippen LogP) is 4.09. The van der Waals surface area contributed by atoms with E-state index in [2.05, 4.69) is 61.4 Å². The molecule has 0 aliphatic carbocycles. The minimum absolute atomic E-state index is 0.809. The first-order valence-electron chi connectivity index (χ1n) is 5.88. The third-order valence-electron chi connectivity index (χ3n) is 2.97. The van der Waals surface area contributed by atoms with E-state index >= 15 is 0 Å². The van der Waals surface area contributed by atoms with E-state index in [4.69, 9.17) is 0 Å². The summed E-state index contributed by atoms with van der Waals surface area (Å²) in [5.74, 6) is 0.974. The zero-order valence-electron chi connectivity index (χ0n) is 10.4. The lowest BCUT2D eigenvalue weighted by atomic mass is 10.2. The molecule has 0 unspecified atom stereocenters. The van der Waals surface area contributed by atoms with E-state index in [-0.39, 0.29) is 0 Å². The lowest BCUT2D eigenvalue weighted by Gasteiger charge is -2.19. The van der Waals surface area contributed by atoms with E-state index < -0.39 is 0 Å². The lowest BCUT2D eigenvalue weighted by molar-refractivity contribution is 0.897. The maximum absolute atomic E-state index is 4.41. The highest BCUT2D eigenvalue weighted by molar-refractivity contribution is 9.10. The van der Waals surface area contributed by atoms with Gasteiger partial charge in [0.25, 0.3) is 0 Å². The van der Waals surface area contributed by atoms with Crippen LogP contribution in [0.4, 0.5) is 5.82 Å². The van der Waals surface area contributed by atoms with Gasteiger partial charge in [0.05, 0.1) is 5.39 Å². The van der Waals surface area contributed by atoms with Crippen molar-refractivity contribution >= 4 is 43.3 Å². The van der Waals surface area contributed by atoms with Gasteiger partial charge in [-0.25, -0.2) is 9.97 Å². The minimum atomic E-state index is 0.809. The Labute approximate surface area is 124 Å². The molecule has 96 valence electrons. The number of aromatic nitrogens is 2. The topological polar surface area (TPSA) is 29.0 Å². The molecular formula is C14H12BrN3S. The molecule has 3 aromatic rings. The Morgan fingerprint density at radius 2 is 2.05 bits per heavy atom. The van der Waals surface area contributed by atoms with Gasteiger partial charge >= 0.3 is 0 Å². The highest BCUT2D eigenvalue weighted by Gasteiger charge is 2.10. The summed E-state index contributed by atoms with van der Waals surface area (Å²) in [5.41, 5.74) is 1.24. The third kappa shape index (κ3) is 2.48. The van der Waals surface area contributed by atoms with Crippen molar-refractivity contribution in [3.63, 3.8) is 0 Å². The van der Waals surface area contributed by atoms with Crippen molar-refractivity contribution in [1.82, 2.24) is 9.97 Å². The van der Waals surface area contributed by atoms with Crippen LogP contribution in [0.1, 0.15) is 5.56 Å². The second-order valence-electron chi connectivity index (χ2n) is 4.28. The van der Waals surface area contributed by atoms with E-state index in [1.54, 1.807) is 17.7 Å². The highest BCUT2D eigenvalue weighted by Crippen LogP contribution is 2.27. The number of fused-ring (bicyclic) bond motifs is 1. The SMILES string of the molecule is CN(Cc1ccccc1Br)c1ncnc2sccc12. The van der Waals surface area contributed by atoms with Crippen molar-refractivity contribution in [2.45, 2.75) is 6.54 Å². The summed E-state index contributed by atoms with van der Waals surface area (Å²) in [6.45, 7) is 0.809. The first kappa shape index (κ1) is 12.6. The second-order valence-corrected chi connectivity index (χ2v) is 6.03. The number of rotatable bonds is 3. The summed E-state index contributed by atoms with van der Waals surface area (Å²) in [4.78, 5) is 11.9. The van der Waals surface area contributed by atoms with Crippen molar-refractivity contribution in [1.29, 1.82) is 0 Å². The van der Waals surface area contributed by atoms with Gasteiger partial charge in [0.1, 0.15) is 17.0 Å². The van der Waals surface area contributed by atoms with Gasteiger partial charge in [-0.2, -0.15) is 0 Å². The Morgan fingerprint density at radius 3 is 2.89 bits per heavy atom. The average molecular weight is 334 g/mol. The number of hydrogen-bond donors (Lipinski definition) is 0. The molecule has 0 N–H and O–H groups in total. The maximum atomic E-state index is 4.41. The predicted molar refractivity (Wildman–Crippen MR) is 83.7 cm³/mol.